The third kappa shape index (κ3) is 8.78. The van der Waals surface area contributed by atoms with Crippen LogP contribution in [0.3, 0.4) is 0 Å². The molecule has 14 nitrogen and oxygen atoms in total. The average molecular weight is 721 g/mol. The molecular weight excluding hydrogens is 680 g/mol. The van der Waals surface area contributed by atoms with Crippen molar-refractivity contribution in [2.75, 3.05) is 18.9 Å². The Morgan fingerprint density at radius 3 is 2.38 bits per heavy atom. The molecule has 2 aliphatic heterocycles. The number of rotatable bonds is 16. The van der Waals surface area contributed by atoms with Crippen LogP contribution in [-0.4, -0.2) is 69.0 Å². The Bertz CT molecular complexity index is 2020. The molecule has 0 saturated carbocycles. The number of fused-ring (bicyclic) bond motifs is 1. The van der Waals surface area contributed by atoms with Crippen molar-refractivity contribution in [3.05, 3.63) is 95.1 Å². The molecule has 5 amide bonds. The summed E-state index contributed by atoms with van der Waals surface area (Å²) in [6, 6.07) is 20.1. The third-order valence-corrected chi connectivity index (χ3v) is 9.11. The number of ether oxygens (including phenoxy) is 2. The summed E-state index contributed by atoms with van der Waals surface area (Å²) in [5, 5.41) is 23.3. The van der Waals surface area contributed by atoms with E-state index in [1.165, 1.54) is 6.07 Å². The highest BCUT2D eigenvalue weighted by Crippen LogP contribution is 2.34. The van der Waals surface area contributed by atoms with Crippen molar-refractivity contribution in [1.29, 1.82) is 0 Å². The monoisotopic (exact) mass is 720 g/mol. The van der Waals surface area contributed by atoms with Crippen LogP contribution in [0.1, 0.15) is 76.8 Å². The first kappa shape index (κ1) is 36.5. The number of unbranched alkanes of at least 4 members (excludes halogenated alkanes) is 3. The lowest BCUT2D eigenvalue weighted by molar-refractivity contribution is -0.136. The molecule has 0 bridgehead atoms. The standard InChI is InChI=1S/C39H40N6O8/c40-36-32(22-28(43-44-36)26-8-4-5-10-30(26)46)53-21-19-24-13-15-25(16-14-24)23-41-33(47)12-3-1-2-6-20-52-31-11-7-9-27-35(31)39(51)45(38(27)50)29-17-18-34(48)42-37(29)49/h4-5,7-11,13-16,22,29,46H,1-3,6,12,17-21,23H2,(H2,40,44)(H,41,47)(H,42,48,49). The summed E-state index contributed by atoms with van der Waals surface area (Å²) in [6.45, 7) is 1.10. The number of phenolic OH excluding ortho intramolecular Hbond substituents is 1. The van der Waals surface area contributed by atoms with Crippen LogP contribution >= 0.6 is 0 Å². The highest BCUT2D eigenvalue weighted by molar-refractivity contribution is 6.24. The molecule has 2 aliphatic rings. The van der Waals surface area contributed by atoms with Crippen molar-refractivity contribution in [2.24, 2.45) is 0 Å². The Kier molecular flexibility index (Phi) is 11.6. The second-order valence-corrected chi connectivity index (χ2v) is 12.8. The van der Waals surface area contributed by atoms with Crippen molar-refractivity contribution in [2.45, 2.75) is 64.0 Å². The van der Waals surface area contributed by atoms with Gasteiger partial charge in [-0.25, -0.2) is 0 Å². The summed E-state index contributed by atoms with van der Waals surface area (Å²) in [5.74, 6) is -1.37. The van der Waals surface area contributed by atoms with Gasteiger partial charge in [0.25, 0.3) is 11.8 Å². The predicted octanol–water partition coefficient (Wildman–Crippen LogP) is 4.10. The Morgan fingerprint density at radius 1 is 0.849 bits per heavy atom. The average Bonchev–Trinajstić information content (AvgIpc) is 3.41. The van der Waals surface area contributed by atoms with Crippen LogP contribution in [0.4, 0.5) is 5.82 Å². The molecule has 1 fully saturated rings. The number of aromatic hydroxyl groups is 1. The number of hydrogen-bond acceptors (Lipinski definition) is 11. The maximum atomic E-state index is 13.2. The zero-order valence-corrected chi connectivity index (χ0v) is 29.0. The van der Waals surface area contributed by atoms with Gasteiger partial charge in [0.2, 0.25) is 17.7 Å². The lowest BCUT2D eigenvalue weighted by Crippen LogP contribution is -2.54. The second kappa shape index (κ2) is 16.8. The Balaban J connectivity index is 0.860. The van der Waals surface area contributed by atoms with E-state index in [0.717, 1.165) is 28.9 Å². The van der Waals surface area contributed by atoms with Gasteiger partial charge in [-0.05, 0) is 54.7 Å². The molecule has 5 N–H and O–H groups in total. The minimum Gasteiger partial charge on any atom is -0.507 e. The minimum absolute atomic E-state index is 0.0333. The van der Waals surface area contributed by atoms with Gasteiger partial charge in [-0.3, -0.25) is 34.2 Å². The Hall–Kier alpha value is -6.31. The number of nitrogen functional groups attached to an aromatic ring is 1. The number of amides is 5. The summed E-state index contributed by atoms with van der Waals surface area (Å²) in [6.07, 6.45) is 4.19. The highest BCUT2D eigenvalue weighted by Gasteiger charge is 2.46. The number of para-hydroxylation sites is 1. The van der Waals surface area contributed by atoms with Gasteiger partial charge >= 0.3 is 0 Å². The number of nitrogens with one attached hydrogen (secondary N) is 2. The van der Waals surface area contributed by atoms with Gasteiger partial charge in [0.15, 0.2) is 11.6 Å². The molecule has 6 rings (SSSR count). The number of nitrogens with zero attached hydrogens (tertiary/aromatic N) is 3. The van der Waals surface area contributed by atoms with Crippen molar-refractivity contribution in [3.8, 4) is 28.5 Å². The van der Waals surface area contributed by atoms with Crippen molar-refractivity contribution >= 4 is 35.4 Å². The van der Waals surface area contributed by atoms with Crippen LogP contribution in [-0.2, 0) is 27.3 Å². The summed E-state index contributed by atoms with van der Waals surface area (Å²) in [7, 11) is 0. The number of aromatic nitrogens is 2. The fraction of sp³-hybridized carbons (Fsp3) is 0.308. The Labute approximate surface area is 305 Å². The predicted molar refractivity (Wildman–Crippen MR) is 193 cm³/mol. The van der Waals surface area contributed by atoms with Gasteiger partial charge in [-0.1, -0.05) is 55.3 Å². The van der Waals surface area contributed by atoms with E-state index in [-0.39, 0.29) is 47.2 Å². The number of nitrogens with two attached hydrogens (primary N) is 1. The van der Waals surface area contributed by atoms with Gasteiger partial charge in [0.1, 0.15) is 23.2 Å². The summed E-state index contributed by atoms with van der Waals surface area (Å²) in [5.41, 5.74) is 9.28. The van der Waals surface area contributed by atoms with Gasteiger partial charge in [-0.2, -0.15) is 0 Å². The molecule has 1 saturated heterocycles. The summed E-state index contributed by atoms with van der Waals surface area (Å²) < 4.78 is 11.8. The highest BCUT2D eigenvalue weighted by atomic mass is 16.5. The zero-order chi connectivity index (χ0) is 37.3. The molecule has 1 atom stereocenters. The number of anilines is 1. The van der Waals surface area contributed by atoms with Crippen LogP contribution in [0, 0.1) is 0 Å². The van der Waals surface area contributed by atoms with E-state index < -0.39 is 29.7 Å². The largest absolute Gasteiger partial charge is 0.507 e. The van der Waals surface area contributed by atoms with E-state index in [4.69, 9.17) is 15.2 Å². The van der Waals surface area contributed by atoms with Gasteiger partial charge < -0.3 is 25.6 Å². The van der Waals surface area contributed by atoms with Crippen LogP contribution in [0.2, 0.25) is 0 Å². The van der Waals surface area contributed by atoms with E-state index in [1.807, 2.05) is 24.3 Å². The van der Waals surface area contributed by atoms with Crippen LogP contribution in [0.5, 0.6) is 17.2 Å². The SMILES string of the molecule is Nc1nnc(-c2ccccc2O)cc1OCCc1ccc(CNC(=O)CCCCCCOc2cccc3c2C(=O)N(C2CCC(=O)NC2=O)C3=O)cc1. The maximum absolute atomic E-state index is 13.2. The first-order chi connectivity index (χ1) is 25.7. The number of benzene rings is 3. The third-order valence-electron chi connectivity index (χ3n) is 9.11. The molecule has 53 heavy (non-hydrogen) atoms. The fourth-order valence-electron chi connectivity index (χ4n) is 6.24. The Morgan fingerprint density at radius 2 is 1.58 bits per heavy atom. The molecule has 0 aliphatic carbocycles. The second-order valence-electron chi connectivity index (χ2n) is 12.8. The lowest BCUT2D eigenvalue weighted by Gasteiger charge is -2.27. The number of piperidine rings is 1. The smallest absolute Gasteiger partial charge is 0.266 e. The molecule has 0 spiro atoms. The molecule has 1 unspecified atom stereocenters. The normalized spacial score (nSPS) is 15.2. The van der Waals surface area contributed by atoms with Crippen LogP contribution in [0.15, 0.2) is 72.8 Å². The number of carbonyl (C=O) groups excluding carboxylic acids is 5. The molecule has 274 valence electrons. The first-order valence-corrected chi connectivity index (χ1v) is 17.6. The summed E-state index contributed by atoms with van der Waals surface area (Å²) in [4.78, 5) is 63.4. The first-order valence-electron chi connectivity index (χ1n) is 17.6. The van der Waals surface area contributed by atoms with Crippen LogP contribution < -0.4 is 25.8 Å². The fourth-order valence-corrected chi connectivity index (χ4v) is 6.24. The number of imide groups is 2. The van der Waals surface area contributed by atoms with E-state index >= 15 is 0 Å². The zero-order valence-electron chi connectivity index (χ0n) is 29.0. The van der Waals surface area contributed by atoms with Gasteiger partial charge in [-0.15, -0.1) is 10.2 Å². The van der Waals surface area contributed by atoms with Crippen molar-refractivity contribution < 1.29 is 38.6 Å². The van der Waals surface area contributed by atoms with Crippen LogP contribution in [0.25, 0.3) is 11.3 Å². The topological polar surface area (TPSA) is 203 Å². The molecule has 3 heterocycles. The quantitative estimate of drug-likeness (QED) is 0.0959. The molecule has 14 heteroatoms. The minimum atomic E-state index is -1.03. The van der Waals surface area contributed by atoms with E-state index in [9.17, 15) is 29.1 Å². The number of hydrogen-bond donors (Lipinski definition) is 4. The van der Waals surface area contributed by atoms with Crippen molar-refractivity contribution in [3.63, 3.8) is 0 Å². The number of carbonyl (C=O) groups is 5. The maximum Gasteiger partial charge on any atom is 0.266 e. The molecule has 3 aromatic carbocycles. The van der Waals surface area contributed by atoms with Gasteiger partial charge in [0, 0.05) is 37.4 Å². The van der Waals surface area contributed by atoms with E-state index in [1.54, 1.807) is 42.5 Å². The number of phenols is 1. The van der Waals surface area contributed by atoms with Crippen molar-refractivity contribution in [1.82, 2.24) is 25.7 Å². The summed E-state index contributed by atoms with van der Waals surface area (Å²) >= 11 is 0. The van der Waals surface area contributed by atoms with E-state index in [0.29, 0.717) is 62.4 Å². The molecule has 1 aromatic heterocycles. The molecular formula is C39H40N6O8. The van der Waals surface area contributed by atoms with Gasteiger partial charge in [0.05, 0.1) is 24.3 Å². The lowest BCUT2D eigenvalue weighted by atomic mass is 10.0. The molecule has 0 radical (unpaired) electrons. The van der Waals surface area contributed by atoms with E-state index in [2.05, 4.69) is 20.8 Å². The molecule has 4 aromatic rings.